The Hall–Kier alpha value is -1.22. The molecule has 0 unspecified atom stereocenters. The summed E-state index contributed by atoms with van der Waals surface area (Å²) in [6, 6.07) is 5.36. The number of aryl methyl sites for hydroxylation is 1. The molecule has 1 amide bonds. The number of hydrogen-bond acceptors (Lipinski definition) is 2. The van der Waals surface area contributed by atoms with Gasteiger partial charge in [0.2, 0.25) is 0 Å². The van der Waals surface area contributed by atoms with Crippen LogP contribution in [0.3, 0.4) is 0 Å². The minimum Gasteiger partial charge on any atom is -0.453 e. The number of benzene rings is 1. The van der Waals surface area contributed by atoms with Crippen molar-refractivity contribution in [3.8, 4) is 0 Å². The van der Waals surface area contributed by atoms with E-state index >= 15 is 0 Å². The fraction of sp³-hybridized carbons (Fsp3) is 0.222. The Morgan fingerprint density at radius 1 is 1.54 bits per heavy atom. The molecule has 4 heteroatoms. The number of methoxy groups -OCH3 is 1. The van der Waals surface area contributed by atoms with Crippen LogP contribution in [0, 0.1) is 6.92 Å². The quantitative estimate of drug-likeness (QED) is 0.756. The number of carbonyl (C=O) groups excluding carboxylic acids is 1. The van der Waals surface area contributed by atoms with Crippen LogP contribution in [0.1, 0.15) is 5.56 Å². The Bertz CT molecular complexity index is 325. The average Bonchev–Trinajstić information content (AvgIpc) is 2.09. The van der Waals surface area contributed by atoms with E-state index in [4.69, 9.17) is 11.6 Å². The largest absolute Gasteiger partial charge is 0.453 e. The fourth-order valence-electron chi connectivity index (χ4n) is 0.883. The summed E-state index contributed by atoms with van der Waals surface area (Å²) in [5.74, 6) is 0. The molecule has 1 N–H and O–H groups in total. The summed E-state index contributed by atoms with van der Waals surface area (Å²) in [4.78, 5) is 10.8. The van der Waals surface area contributed by atoms with Gasteiger partial charge < -0.3 is 4.74 Å². The lowest BCUT2D eigenvalue weighted by atomic mass is 10.2. The summed E-state index contributed by atoms with van der Waals surface area (Å²) in [6.45, 7) is 1.92. The molecular formula is C9H10ClNO2. The van der Waals surface area contributed by atoms with Crippen molar-refractivity contribution < 1.29 is 9.53 Å². The van der Waals surface area contributed by atoms with E-state index in [1.165, 1.54) is 7.11 Å². The zero-order valence-electron chi connectivity index (χ0n) is 7.43. The summed E-state index contributed by atoms with van der Waals surface area (Å²) in [5, 5.41) is 3.00. The van der Waals surface area contributed by atoms with Gasteiger partial charge in [-0.25, -0.2) is 4.79 Å². The number of halogens is 1. The first-order valence-electron chi connectivity index (χ1n) is 3.74. The Kier molecular flexibility index (Phi) is 3.14. The Morgan fingerprint density at radius 3 is 2.77 bits per heavy atom. The third-order valence-corrected chi connectivity index (χ3v) is 1.86. The van der Waals surface area contributed by atoms with Gasteiger partial charge in [0, 0.05) is 0 Å². The number of anilines is 1. The van der Waals surface area contributed by atoms with Gasteiger partial charge in [0.25, 0.3) is 0 Å². The van der Waals surface area contributed by atoms with Crippen LogP contribution in [0.25, 0.3) is 0 Å². The van der Waals surface area contributed by atoms with Gasteiger partial charge in [-0.3, -0.25) is 5.32 Å². The molecule has 1 aromatic rings. The fourth-order valence-corrected chi connectivity index (χ4v) is 1.16. The molecule has 0 aliphatic rings. The smallest absolute Gasteiger partial charge is 0.411 e. The summed E-state index contributed by atoms with van der Waals surface area (Å²) in [7, 11) is 1.30. The zero-order valence-corrected chi connectivity index (χ0v) is 8.18. The van der Waals surface area contributed by atoms with Crippen molar-refractivity contribution in [1.29, 1.82) is 0 Å². The number of rotatable bonds is 1. The highest BCUT2D eigenvalue weighted by molar-refractivity contribution is 6.33. The van der Waals surface area contributed by atoms with E-state index in [1.807, 2.05) is 13.0 Å². The number of hydrogen-bond donors (Lipinski definition) is 1. The van der Waals surface area contributed by atoms with Crippen LogP contribution in [-0.2, 0) is 4.74 Å². The lowest BCUT2D eigenvalue weighted by molar-refractivity contribution is 0.187. The summed E-state index contributed by atoms with van der Waals surface area (Å²) in [6.07, 6.45) is -0.522. The summed E-state index contributed by atoms with van der Waals surface area (Å²) < 4.78 is 4.43. The van der Waals surface area contributed by atoms with Crippen LogP contribution in [0.5, 0.6) is 0 Å². The third kappa shape index (κ3) is 2.63. The van der Waals surface area contributed by atoms with Gasteiger partial charge in [0.05, 0.1) is 17.8 Å². The number of amides is 1. The molecule has 0 aliphatic heterocycles. The van der Waals surface area contributed by atoms with Crippen molar-refractivity contribution in [1.82, 2.24) is 0 Å². The van der Waals surface area contributed by atoms with E-state index in [0.29, 0.717) is 10.7 Å². The van der Waals surface area contributed by atoms with Crippen molar-refractivity contribution in [3.63, 3.8) is 0 Å². The minimum atomic E-state index is -0.522. The van der Waals surface area contributed by atoms with E-state index in [9.17, 15) is 4.79 Å². The second-order valence-corrected chi connectivity index (χ2v) is 3.01. The van der Waals surface area contributed by atoms with Crippen molar-refractivity contribution >= 4 is 23.4 Å². The molecule has 1 aromatic carbocycles. The maximum absolute atomic E-state index is 10.8. The molecule has 0 atom stereocenters. The van der Waals surface area contributed by atoms with E-state index in [-0.39, 0.29) is 0 Å². The maximum atomic E-state index is 10.8. The second-order valence-electron chi connectivity index (χ2n) is 2.60. The molecule has 0 fully saturated rings. The highest BCUT2D eigenvalue weighted by atomic mass is 35.5. The number of carbonyl (C=O) groups is 1. The van der Waals surface area contributed by atoms with Crippen molar-refractivity contribution in [3.05, 3.63) is 28.8 Å². The van der Waals surface area contributed by atoms with Gasteiger partial charge in [0.1, 0.15) is 0 Å². The second kappa shape index (κ2) is 4.14. The minimum absolute atomic E-state index is 0.505. The van der Waals surface area contributed by atoms with Crippen molar-refractivity contribution in [2.75, 3.05) is 12.4 Å². The van der Waals surface area contributed by atoms with E-state index in [1.54, 1.807) is 12.1 Å². The molecule has 0 spiro atoms. The summed E-state index contributed by atoms with van der Waals surface area (Å²) in [5.41, 5.74) is 1.60. The van der Waals surface area contributed by atoms with Crippen molar-refractivity contribution in [2.24, 2.45) is 0 Å². The monoisotopic (exact) mass is 199 g/mol. The molecular weight excluding hydrogens is 190 g/mol. The Labute approximate surface area is 81.7 Å². The molecule has 70 valence electrons. The Morgan fingerprint density at radius 2 is 2.23 bits per heavy atom. The van der Waals surface area contributed by atoms with Gasteiger partial charge >= 0.3 is 6.09 Å². The van der Waals surface area contributed by atoms with E-state index in [0.717, 1.165) is 5.56 Å². The standard InChI is InChI=1S/C9H10ClNO2/c1-6-3-4-8(7(10)5-6)11-9(12)13-2/h3-5H,1-2H3,(H,11,12). The first kappa shape index (κ1) is 9.86. The third-order valence-electron chi connectivity index (χ3n) is 1.55. The summed E-state index contributed by atoms with van der Waals surface area (Å²) >= 11 is 5.86. The molecule has 0 aliphatic carbocycles. The van der Waals surface area contributed by atoms with E-state index < -0.39 is 6.09 Å². The maximum Gasteiger partial charge on any atom is 0.411 e. The zero-order chi connectivity index (χ0) is 9.84. The van der Waals surface area contributed by atoms with Crippen LogP contribution in [0.15, 0.2) is 18.2 Å². The lowest BCUT2D eigenvalue weighted by Crippen LogP contribution is -2.11. The lowest BCUT2D eigenvalue weighted by Gasteiger charge is -2.05. The molecule has 0 saturated heterocycles. The van der Waals surface area contributed by atoms with Gasteiger partial charge in [-0.15, -0.1) is 0 Å². The van der Waals surface area contributed by atoms with Crippen LogP contribution in [-0.4, -0.2) is 13.2 Å². The molecule has 0 heterocycles. The van der Waals surface area contributed by atoms with Crippen LogP contribution in [0.4, 0.5) is 10.5 Å². The molecule has 13 heavy (non-hydrogen) atoms. The number of ether oxygens (including phenoxy) is 1. The van der Waals surface area contributed by atoms with Crippen LogP contribution in [0.2, 0.25) is 5.02 Å². The van der Waals surface area contributed by atoms with Crippen molar-refractivity contribution in [2.45, 2.75) is 6.92 Å². The molecule has 1 rings (SSSR count). The highest BCUT2D eigenvalue weighted by Crippen LogP contribution is 2.22. The predicted molar refractivity (Wildman–Crippen MR) is 52.2 cm³/mol. The molecule has 3 nitrogen and oxygen atoms in total. The van der Waals surface area contributed by atoms with Gasteiger partial charge in [-0.1, -0.05) is 17.7 Å². The first-order chi connectivity index (χ1) is 6.13. The van der Waals surface area contributed by atoms with E-state index in [2.05, 4.69) is 10.1 Å². The molecule has 0 bridgehead atoms. The molecule has 0 saturated carbocycles. The SMILES string of the molecule is COC(=O)Nc1ccc(C)cc1Cl. The van der Waals surface area contributed by atoms with Crippen LogP contribution < -0.4 is 5.32 Å². The van der Waals surface area contributed by atoms with Gasteiger partial charge in [-0.2, -0.15) is 0 Å². The Balaban J connectivity index is 2.83. The van der Waals surface area contributed by atoms with Gasteiger partial charge in [0.15, 0.2) is 0 Å². The molecule has 0 radical (unpaired) electrons. The van der Waals surface area contributed by atoms with Gasteiger partial charge in [-0.05, 0) is 24.6 Å². The number of nitrogens with one attached hydrogen (secondary N) is 1. The average molecular weight is 200 g/mol. The normalized spacial score (nSPS) is 9.46. The topological polar surface area (TPSA) is 38.3 Å². The predicted octanol–water partition coefficient (Wildman–Crippen LogP) is 2.83. The van der Waals surface area contributed by atoms with Crippen LogP contribution >= 0.6 is 11.6 Å². The first-order valence-corrected chi connectivity index (χ1v) is 4.12. The molecule has 0 aromatic heterocycles. The highest BCUT2D eigenvalue weighted by Gasteiger charge is 2.04.